The van der Waals surface area contributed by atoms with E-state index in [-0.39, 0.29) is 5.92 Å². The number of carbonyl (C=O) groups is 1. The maximum atomic E-state index is 11.0. The molecule has 1 fully saturated rings. The summed E-state index contributed by atoms with van der Waals surface area (Å²) >= 11 is 0. The number of carboxylic acids is 1. The molecule has 1 atom stereocenters. The predicted octanol–water partition coefficient (Wildman–Crippen LogP) is 0.642. The van der Waals surface area contributed by atoms with Gasteiger partial charge in [-0.2, -0.15) is 0 Å². The van der Waals surface area contributed by atoms with Gasteiger partial charge in [-0.15, -0.1) is 6.58 Å². The van der Waals surface area contributed by atoms with Crippen molar-refractivity contribution in [3.8, 4) is 0 Å². The van der Waals surface area contributed by atoms with Gasteiger partial charge in [0.1, 0.15) is 6.04 Å². The minimum atomic E-state index is -0.779. The Morgan fingerprint density at radius 3 is 2.79 bits per heavy atom. The van der Waals surface area contributed by atoms with Crippen molar-refractivity contribution in [3.05, 3.63) is 12.7 Å². The topological polar surface area (TPSA) is 58.6 Å². The molecule has 80 valence electrons. The summed E-state index contributed by atoms with van der Waals surface area (Å²) in [5, 5.41) is 12.0. The summed E-state index contributed by atoms with van der Waals surface area (Å²) in [6.45, 7) is 5.43. The first-order chi connectivity index (χ1) is 6.75. The van der Waals surface area contributed by atoms with Gasteiger partial charge >= 0.3 is 5.97 Å². The molecule has 0 aromatic carbocycles. The van der Waals surface area contributed by atoms with E-state index in [0.29, 0.717) is 19.8 Å². The fourth-order valence-electron chi connectivity index (χ4n) is 1.72. The van der Waals surface area contributed by atoms with Crippen LogP contribution in [0.2, 0.25) is 0 Å². The zero-order valence-electron chi connectivity index (χ0n) is 8.24. The van der Waals surface area contributed by atoms with Crippen molar-refractivity contribution >= 4 is 5.97 Å². The van der Waals surface area contributed by atoms with Gasteiger partial charge in [-0.05, 0) is 18.8 Å². The monoisotopic (exact) mass is 199 g/mol. The van der Waals surface area contributed by atoms with Crippen molar-refractivity contribution < 1.29 is 14.6 Å². The van der Waals surface area contributed by atoms with E-state index < -0.39 is 12.0 Å². The standard InChI is InChI=1S/C10H17NO3/c1-2-5-11-9(10(12)13)8-3-6-14-7-4-8/h2,8-9,11H,1,3-7H2,(H,12,13). The van der Waals surface area contributed by atoms with Gasteiger partial charge in [0, 0.05) is 19.8 Å². The second kappa shape index (κ2) is 5.78. The Hall–Kier alpha value is -0.870. The van der Waals surface area contributed by atoms with Crippen molar-refractivity contribution in [1.82, 2.24) is 5.32 Å². The van der Waals surface area contributed by atoms with E-state index in [1.165, 1.54) is 0 Å². The van der Waals surface area contributed by atoms with Gasteiger partial charge in [-0.3, -0.25) is 4.79 Å². The van der Waals surface area contributed by atoms with Crippen LogP contribution in [0.25, 0.3) is 0 Å². The largest absolute Gasteiger partial charge is 0.480 e. The first kappa shape index (κ1) is 11.2. The summed E-state index contributed by atoms with van der Waals surface area (Å²) in [6.07, 6.45) is 3.32. The molecular formula is C10H17NO3. The fourth-order valence-corrected chi connectivity index (χ4v) is 1.72. The molecule has 0 aromatic rings. The number of hydrogen-bond acceptors (Lipinski definition) is 3. The lowest BCUT2D eigenvalue weighted by Crippen LogP contribution is -2.44. The highest BCUT2D eigenvalue weighted by Gasteiger charge is 2.28. The zero-order chi connectivity index (χ0) is 10.4. The molecule has 4 heteroatoms. The number of carboxylic acid groups (broad SMARTS) is 1. The third-order valence-electron chi connectivity index (χ3n) is 2.49. The van der Waals surface area contributed by atoms with E-state index >= 15 is 0 Å². The summed E-state index contributed by atoms with van der Waals surface area (Å²) in [6, 6.07) is -0.461. The van der Waals surface area contributed by atoms with Crippen molar-refractivity contribution in [3.63, 3.8) is 0 Å². The van der Waals surface area contributed by atoms with Gasteiger partial charge in [-0.25, -0.2) is 0 Å². The Morgan fingerprint density at radius 2 is 2.29 bits per heavy atom. The first-order valence-electron chi connectivity index (χ1n) is 4.90. The van der Waals surface area contributed by atoms with Crippen LogP contribution in [0, 0.1) is 5.92 Å². The van der Waals surface area contributed by atoms with E-state index in [4.69, 9.17) is 9.84 Å². The Morgan fingerprint density at radius 1 is 1.64 bits per heavy atom. The van der Waals surface area contributed by atoms with Crippen LogP contribution < -0.4 is 5.32 Å². The van der Waals surface area contributed by atoms with E-state index in [2.05, 4.69) is 11.9 Å². The molecule has 14 heavy (non-hydrogen) atoms. The van der Waals surface area contributed by atoms with Crippen LogP contribution in [0.15, 0.2) is 12.7 Å². The third-order valence-corrected chi connectivity index (χ3v) is 2.49. The molecule has 2 N–H and O–H groups in total. The van der Waals surface area contributed by atoms with Crippen LogP contribution in [-0.2, 0) is 9.53 Å². The van der Waals surface area contributed by atoms with Crippen LogP contribution in [0.3, 0.4) is 0 Å². The molecule has 1 rings (SSSR count). The van der Waals surface area contributed by atoms with Crippen molar-refractivity contribution in [2.45, 2.75) is 18.9 Å². The molecule has 0 radical (unpaired) electrons. The summed E-state index contributed by atoms with van der Waals surface area (Å²) < 4.78 is 5.19. The van der Waals surface area contributed by atoms with Gasteiger partial charge in [-0.1, -0.05) is 6.08 Å². The summed E-state index contributed by atoms with van der Waals surface area (Å²) in [5.74, 6) is -0.597. The molecule has 1 heterocycles. The molecule has 4 nitrogen and oxygen atoms in total. The third kappa shape index (κ3) is 3.12. The van der Waals surface area contributed by atoms with Gasteiger partial charge < -0.3 is 15.2 Å². The quantitative estimate of drug-likeness (QED) is 0.638. The molecule has 1 aliphatic heterocycles. The lowest BCUT2D eigenvalue weighted by molar-refractivity contribution is -0.141. The maximum Gasteiger partial charge on any atom is 0.320 e. The highest BCUT2D eigenvalue weighted by molar-refractivity contribution is 5.73. The van der Waals surface area contributed by atoms with Gasteiger partial charge in [0.25, 0.3) is 0 Å². The molecule has 1 aliphatic rings. The SMILES string of the molecule is C=CCNC(C(=O)O)C1CCOCC1. The number of ether oxygens (including phenoxy) is 1. The van der Waals surface area contributed by atoms with Gasteiger partial charge in [0.15, 0.2) is 0 Å². The fraction of sp³-hybridized carbons (Fsp3) is 0.700. The minimum absolute atomic E-state index is 0.182. The first-order valence-corrected chi connectivity index (χ1v) is 4.90. The Kier molecular flexibility index (Phi) is 4.62. The normalized spacial score (nSPS) is 20.3. The summed E-state index contributed by atoms with van der Waals surface area (Å²) in [4.78, 5) is 11.0. The lowest BCUT2D eigenvalue weighted by atomic mass is 9.92. The number of hydrogen-bond donors (Lipinski definition) is 2. The molecule has 0 spiro atoms. The minimum Gasteiger partial charge on any atom is -0.480 e. The van der Waals surface area contributed by atoms with Gasteiger partial charge in [0.2, 0.25) is 0 Å². The highest BCUT2D eigenvalue weighted by Crippen LogP contribution is 2.18. The van der Waals surface area contributed by atoms with Crippen molar-refractivity contribution in [2.75, 3.05) is 19.8 Å². The molecule has 0 amide bonds. The summed E-state index contributed by atoms with van der Waals surface area (Å²) in [5.41, 5.74) is 0. The second-order valence-electron chi connectivity index (χ2n) is 3.46. The Balaban J connectivity index is 2.46. The Bertz CT molecular complexity index is 200. The second-order valence-corrected chi connectivity index (χ2v) is 3.46. The molecular weight excluding hydrogens is 182 g/mol. The highest BCUT2D eigenvalue weighted by atomic mass is 16.5. The number of nitrogens with one attached hydrogen (secondary N) is 1. The molecule has 1 unspecified atom stereocenters. The van der Waals surface area contributed by atoms with Crippen molar-refractivity contribution in [2.24, 2.45) is 5.92 Å². The molecule has 1 saturated heterocycles. The molecule has 0 aliphatic carbocycles. The van der Waals surface area contributed by atoms with E-state index in [1.54, 1.807) is 6.08 Å². The smallest absolute Gasteiger partial charge is 0.320 e. The number of aliphatic carboxylic acids is 1. The van der Waals surface area contributed by atoms with Crippen LogP contribution in [0.5, 0.6) is 0 Å². The van der Waals surface area contributed by atoms with E-state index in [9.17, 15) is 4.79 Å². The maximum absolute atomic E-state index is 11.0. The van der Waals surface area contributed by atoms with Crippen LogP contribution in [-0.4, -0.2) is 36.9 Å². The van der Waals surface area contributed by atoms with E-state index in [0.717, 1.165) is 12.8 Å². The molecule has 0 saturated carbocycles. The Labute approximate surface area is 83.9 Å². The van der Waals surface area contributed by atoms with Gasteiger partial charge in [0.05, 0.1) is 0 Å². The van der Waals surface area contributed by atoms with Crippen LogP contribution in [0.1, 0.15) is 12.8 Å². The van der Waals surface area contributed by atoms with Crippen LogP contribution in [0.4, 0.5) is 0 Å². The predicted molar refractivity (Wildman–Crippen MR) is 53.2 cm³/mol. The average Bonchev–Trinajstić information content (AvgIpc) is 2.19. The van der Waals surface area contributed by atoms with Crippen molar-refractivity contribution in [1.29, 1.82) is 0 Å². The summed E-state index contributed by atoms with van der Waals surface area (Å²) in [7, 11) is 0. The van der Waals surface area contributed by atoms with E-state index in [1.807, 2.05) is 0 Å². The number of rotatable bonds is 5. The lowest BCUT2D eigenvalue weighted by Gasteiger charge is -2.27. The van der Waals surface area contributed by atoms with Crippen LogP contribution >= 0.6 is 0 Å². The average molecular weight is 199 g/mol. The zero-order valence-corrected chi connectivity index (χ0v) is 8.24. The molecule has 0 aromatic heterocycles. The molecule has 0 bridgehead atoms.